The van der Waals surface area contributed by atoms with Crippen molar-refractivity contribution in [1.29, 1.82) is 0 Å². The van der Waals surface area contributed by atoms with E-state index in [1.54, 1.807) is 18.3 Å². The highest BCUT2D eigenvalue weighted by Gasteiger charge is 2.02. The van der Waals surface area contributed by atoms with Crippen LogP contribution in [0.25, 0.3) is 0 Å². The molecule has 0 aliphatic heterocycles. The summed E-state index contributed by atoms with van der Waals surface area (Å²) in [5, 5.41) is 0. The lowest BCUT2D eigenvalue weighted by molar-refractivity contribution is 0.102. The normalized spacial score (nSPS) is 10.2. The molecule has 0 spiro atoms. The number of Topliss-reactive ketones (excluding diaryl/α,β-unsaturated/α-hetero) is 1. The zero-order valence-electron chi connectivity index (χ0n) is 7.59. The van der Waals surface area contributed by atoms with E-state index in [2.05, 4.69) is 13.0 Å². The Kier molecular flexibility index (Phi) is 3.48. The molecule has 0 saturated heterocycles. The summed E-state index contributed by atoms with van der Waals surface area (Å²) < 4.78 is 0. The van der Waals surface area contributed by atoms with Gasteiger partial charge in [-0.3, -0.25) is 4.79 Å². The van der Waals surface area contributed by atoms with Gasteiger partial charge in [0.15, 0.2) is 5.78 Å². The highest BCUT2D eigenvalue weighted by molar-refractivity contribution is 7.14. The van der Waals surface area contributed by atoms with Crippen LogP contribution in [0.1, 0.15) is 41.2 Å². The number of hydrogen-bond acceptors (Lipinski definition) is 2. The average Bonchev–Trinajstić information content (AvgIpc) is 2.48. The van der Waals surface area contributed by atoms with Gasteiger partial charge in [0.25, 0.3) is 0 Å². The second kappa shape index (κ2) is 4.41. The first kappa shape index (κ1) is 9.46. The molecule has 0 N–H and O–H groups in total. The summed E-state index contributed by atoms with van der Waals surface area (Å²) in [6.07, 6.45) is 3.56. The first-order valence-corrected chi connectivity index (χ1v) is 5.15. The molecule has 0 amide bonds. The van der Waals surface area contributed by atoms with E-state index in [1.165, 1.54) is 17.7 Å². The third kappa shape index (κ3) is 2.45. The third-order valence-corrected chi connectivity index (χ3v) is 3.03. The van der Waals surface area contributed by atoms with E-state index in [0.717, 1.165) is 11.3 Å². The second-order valence-corrected chi connectivity index (χ2v) is 4.09. The average molecular weight is 182 g/mol. The van der Waals surface area contributed by atoms with Gasteiger partial charge in [0.2, 0.25) is 0 Å². The van der Waals surface area contributed by atoms with E-state index in [1.807, 2.05) is 6.07 Å². The maximum Gasteiger partial charge on any atom is 0.169 e. The van der Waals surface area contributed by atoms with Crippen molar-refractivity contribution in [3.05, 3.63) is 21.9 Å². The van der Waals surface area contributed by atoms with Crippen molar-refractivity contribution in [2.75, 3.05) is 0 Å². The van der Waals surface area contributed by atoms with Crippen LogP contribution in [-0.2, 0) is 6.42 Å². The minimum absolute atomic E-state index is 0.183. The van der Waals surface area contributed by atoms with Crippen molar-refractivity contribution in [2.45, 2.75) is 33.1 Å². The van der Waals surface area contributed by atoms with Gasteiger partial charge in [-0.05, 0) is 31.9 Å². The minimum atomic E-state index is 0.183. The van der Waals surface area contributed by atoms with Gasteiger partial charge in [0.05, 0.1) is 4.88 Å². The van der Waals surface area contributed by atoms with Crippen molar-refractivity contribution in [3.63, 3.8) is 0 Å². The monoisotopic (exact) mass is 182 g/mol. The zero-order chi connectivity index (χ0) is 8.97. The molecule has 0 fully saturated rings. The van der Waals surface area contributed by atoms with Gasteiger partial charge < -0.3 is 0 Å². The van der Waals surface area contributed by atoms with Crippen molar-refractivity contribution in [2.24, 2.45) is 0 Å². The van der Waals surface area contributed by atoms with Gasteiger partial charge in [-0.1, -0.05) is 13.3 Å². The van der Waals surface area contributed by atoms with Crippen LogP contribution >= 0.6 is 11.3 Å². The summed E-state index contributed by atoms with van der Waals surface area (Å²) in [7, 11) is 0. The highest BCUT2D eigenvalue weighted by Crippen LogP contribution is 2.18. The topological polar surface area (TPSA) is 17.1 Å². The van der Waals surface area contributed by atoms with Crippen LogP contribution in [0.15, 0.2) is 12.1 Å². The molecule has 0 unspecified atom stereocenters. The quantitative estimate of drug-likeness (QED) is 0.653. The number of unbranched alkanes of at least 4 members (excludes halogenated alkanes) is 1. The summed E-state index contributed by atoms with van der Waals surface area (Å²) in [6.45, 7) is 3.80. The van der Waals surface area contributed by atoms with Crippen molar-refractivity contribution in [3.8, 4) is 0 Å². The van der Waals surface area contributed by atoms with E-state index in [9.17, 15) is 4.79 Å². The fraction of sp³-hybridized carbons (Fsp3) is 0.500. The summed E-state index contributed by atoms with van der Waals surface area (Å²) >= 11 is 1.63. The lowest BCUT2D eigenvalue weighted by Crippen LogP contribution is -1.83. The molecule has 1 aromatic rings. The molecule has 2 heteroatoms. The van der Waals surface area contributed by atoms with Crippen molar-refractivity contribution in [1.82, 2.24) is 0 Å². The zero-order valence-corrected chi connectivity index (χ0v) is 8.41. The van der Waals surface area contributed by atoms with Crippen LogP contribution in [0.2, 0.25) is 0 Å². The van der Waals surface area contributed by atoms with Crippen LogP contribution in [0, 0.1) is 0 Å². The molecule has 0 aliphatic carbocycles. The maximum absolute atomic E-state index is 10.9. The van der Waals surface area contributed by atoms with Gasteiger partial charge in [-0.2, -0.15) is 0 Å². The van der Waals surface area contributed by atoms with Crippen molar-refractivity contribution < 1.29 is 4.79 Å². The minimum Gasteiger partial charge on any atom is -0.294 e. The molecule has 1 rings (SSSR count). The number of rotatable bonds is 4. The number of carbonyl (C=O) groups is 1. The van der Waals surface area contributed by atoms with Gasteiger partial charge in [0.1, 0.15) is 0 Å². The van der Waals surface area contributed by atoms with Gasteiger partial charge >= 0.3 is 0 Å². The molecule has 0 aliphatic rings. The Morgan fingerprint density at radius 2 is 2.25 bits per heavy atom. The summed E-state index contributed by atoms with van der Waals surface area (Å²) in [5.74, 6) is 0.183. The Morgan fingerprint density at radius 1 is 1.50 bits per heavy atom. The Morgan fingerprint density at radius 3 is 2.75 bits per heavy atom. The van der Waals surface area contributed by atoms with E-state index in [4.69, 9.17) is 0 Å². The number of hydrogen-bond donors (Lipinski definition) is 0. The van der Waals surface area contributed by atoms with Gasteiger partial charge in [-0.15, -0.1) is 11.3 Å². The Hall–Kier alpha value is -0.630. The third-order valence-electron chi connectivity index (χ3n) is 1.79. The molecule has 1 heterocycles. The maximum atomic E-state index is 10.9. The number of thiophene rings is 1. The Bertz CT molecular complexity index is 263. The molecule has 0 aromatic carbocycles. The lowest BCUT2D eigenvalue weighted by Gasteiger charge is -1.91. The number of aryl methyl sites for hydroxylation is 1. The van der Waals surface area contributed by atoms with Gasteiger partial charge in [0, 0.05) is 4.88 Å². The summed E-state index contributed by atoms with van der Waals surface area (Å²) in [6, 6.07) is 4.00. The van der Waals surface area contributed by atoms with E-state index >= 15 is 0 Å². The van der Waals surface area contributed by atoms with E-state index in [-0.39, 0.29) is 5.78 Å². The fourth-order valence-electron chi connectivity index (χ4n) is 1.05. The predicted molar refractivity (Wildman–Crippen MR) is 52.9 cm³/mol. The fourth-order valence-corrected chi connectivity index (χ4v) is 2.00. The molecule has 66 valence electrons. The van der Waals surface area contributed by atoms with Crippen LogP contribution in [-0.4, -0.2) is 5.78 Å². The molecular weight excluding hydrogens is 168 g/mol. The standard InChI is InChI=1S/C10H14OS/c1-3-4-5-9-6-7-10(12-9)8(2)11/h6-7H,3-5H2,1-2H3. The lowest BCUT2D eigenvalue weighted by atomic mass is 10.2. The highest BCUT2D eigenvalue weighted by atomic mass is 32.1. The largest absolute Gasteiger partial charge is 0.294 e. The van der Waals surface area contributed by atoms with Crippen LogP contribution in [0.5, 0.6) is 0 Å². The van der Waals surface area contributed by atoms with Crippen LogP contribution in [0.4, 0.5) is 0 Å². The Balaban J connectivity index is 2.58. The first-order chi connectivity index (χ1) is 5.74. The Labute approximate surface area is 77.4 Å². The molecule has 12 heavy (non-hydrogen) atoms. The van der Waals surface area contributed by atoms with E-state index in [0.29, 0.717) is 0 Å². The van der Waals surface area contributed by atoms with Crippen LogP contribution in [0.3, 0.4) is 0 Å². The summed E-state index contributed by atoms with van der Waals surface area (Å²) in [5.41, 5.74) is 0. The molecule has 0 saturated carbocycles. The second-order valence-electron chi connectivity index (χ2n) is 2.93. The molecular formula is C10H14OS. The smallest absolute Gasteiger partial charge is 0.169 e. The molecule has 0 radical (unpaired) electrons. The van der Waals surface area contributed by atoms with E-state index < -0.39 is 0 Å². The first-order valence-electron chi connectivity index (χ1n) is 4.33. The SMILES string of the molecule is CCCCc1ccc(C(C)=O)s1. The summed E-state index contributed by atoms with van der Waals surface area (Å²) in [4.78, 5) is 13.2. The van der Waals surface area contributed by atoms with Gasteiger partial charge in [-0.25, -0.2) is 0 Å². The number of ketones is 1. The number of carbonyl (C=O) groups excluding carboxylic acids is 1. The van der Waals surface area contributed by atoms with Crippen molar-refractivity contribution >= 4 is 17.1 Å². The predicted octanol–water partition coefficient (Wildman–Crippen LogP) is 3.29. The molecule has 1 nitrogen and oxygen atoms in total. The molecule has 0 bridgehead atoms. The van der Waals surface area contributed by atoms with Crippen LogP contribution < -0.4 is 0 Å². The molecule has 0 atom stereocenters. The molecule has 1 aromatic heterocycles.